The number of carbonyl (C=O) groups excluding carboxylic acids is 2. The zero-order valence-corrected chi connectivity index (χ0v) is 12.6. The molecule has 3 nitrogen and oxygen atoms in total. The fraction of sp³-hybridized carbons (Fsp3) is 0. The summed E-state index contributed by atoms with van der Waals surface area (Å²) in [5.41, 5.74) is 0.273. The molecule has 5 heteroatoms. The van der Waals surface area contributed by atoms with Crippen LogP contribution in [0.25, 0.3) is 10.8 Å². The number of allylic oxidation sites excluding steroid dienone is 2. The number of hydrogen-bond acceptors (Lipinski definition) is 3. The Hall–Kier alpha value is -1.46. The number of phenolic OH excluding ortho intramolecular Hbond substituents is 1. The van der Waals surface area contributed by atoms with Gasteiger partial charge in [0.05, 0.1) is 14.5 Å². The van der Waals surface area contributed by atoms with Crippen LogP contribution in [0.15, 0.2) is 39.3 Å². The van der Waals surface area contributed by atoms with Crippen molar-refractivity contribution in [3.05, 3.63) is 50.4 Å². The van der Waals surface area contributed by atoms with E-state index in [2.05, 4.69) is 31.9 Å². The molecule has 0 atom stereocenters. The lowest BCUT2D eigenvalue weighted by atomic mass is 9.90. The molecular formula is C14H6Br2O3. The van der Waals surface area contributed by atoms with E-state index in [9.17, 15) is 14.7 Å². The highest BCUT2D eigenvalue weighted by atomic mass is 79.9. The molecule has 1 aliphatic carbocycles. The predicted molar refractivity (Wildman–Crippen MR) is 79.2 cm³/mol. The van der Waals surface area contributed by atoms with Crippen LogP contribution in [0.4, 0.5) is 0 Å². The molecule has 0 fully saturated rings. The first-order valence-electron chi connectivity index (χ1n) is 5.41. The van der Waals surface area contributed by atoms with Gasteiger partial charge in [-0.3, -0.25) is 9.59 Å². The van der Waals surface area contributed by atoms with Gasteiger partial charge in [0.15, 0.2) is 0 Å². The quantitative estimate of drug-likeness (QED) is 0.752. The molecule has 0 heterocycles. The van der Waals surface area contributed by atoms with E-state index in [0.717, 1.165) is 5.39 Å². The van der Waals surface area contributed by atoms with Crippen molar-refractivity contribution >= 4 is 54.2 Å². The predicted octanol–water partition coefficient (Wildman–Crippen LogP) is 3.93. The number of hydrogen-bond donors (Lipinski definition) is 1. The lowest BCUT2D eigenvalue weighted by Crippen LogP contribution is -2.17. The Bertz CT molecular complexity index is 791. The summed E-state index contributed by atoms with van der Waals surface area (Å²) >= 11 is 6.18. The molecule has 2 aromatic carbocycles. The van der Waals surface area contributed by atoms with Gasteiger partial charge in [0.25, 0.3) is 0 Å². The van der Waals surface area contributed by atoms with Gasteiger partial charge in [-0.25, -0.2) is 0 Å². The zero-order valence-electron chi connectivity index (χ0n) is 9.41. The molecular weight excluding hydrogens is 376 g/mol. The molecule has 0 bridgehead atoms. The van der Waals surface area contributed by atoms with Gasteiger partial charge in [-0.15, -0.1) is 0 Å². The first-order valence-corrected chi connectivity index (χ1v) is 7.00. The minimum atomic E-state index is -0.398. The van der Waals surface area contributed by atoms with E-state index in [1.807, 2.05) is 6.07 Å². The second kappa shape index (κ2) is 4.28. The van der Waals surface area contributed by atoms with E-state index in [1.165, 1.54) is 0 Å². The number of rotatable bonds is 0. The summed E-state index contributed by atoms with van der Waals surface area (Å²) in [6.07, 6.45) is 0. The van der Waals surface area contributed by atoms with Crippen molar-refractivity contribution in [1.82, 2.24) is 0 Å². The van der Waals surface area contributed by atoms with Crippen LogP contribution in [0.2, 0.25) is 0 Å². The van der Waals surface area contributed by atoms with E-state index < -0.39 is 5.78 Å². The van der Waals surface area contributed by atoms with Gasteiger partial charge in [-0.2, -0.15) is 0 Å². The number of halogens is 2. The lowest BCUT2D eigenvalue weighted by Gasteiger charge is -2.17. The molecule has 0 amide bonds. The van der Waals surface area contributed by atoms with Crippen molar-refractivity contribution in [2.45, 2.75) is 0 Å². The largest absolute Gasteiger partial charge is 0.507 e. The first kappa shape index (κ1) is 12.6. The Morgan fingerprint density at radius 2 is 1.58 bits per heavy atom. The highest BCUT2D eigenvalue weighted by Crippen LogP contribution is 2.40. The molecule has 1 N–H and O–H groups in total. The Morgan fingerprint density at radius 3 is 2.32 bits per heavy atom. The topological polar surface area (TPSA) is 54.4 Å². The van der Waals surface area contributed by atoms with Gasteiger partial charge in [-0.1, -0.05) is 24.3 Å². The van der Waals surface area contributed by atoms with Gasteiger partial charge < -0.3 is 5.11 Å². The maximum absolute atomic E-state index is 12.2. The monoisotopic (exact) mass is 380 g/mol. The number of ketones is 2. The third-order valence-electron chi connectivity index (χ3n) is 3.08. The van der Waals surface area contributed by atoms with Crippen molar-refractivity contribution in [3.63, 3.8) is 0 Å². The van der Waals surface area contributed by atoms with Gasteiger partial charge >= 0.3 is 0 Å². The Balaban J connectivity index is 2.46. The highest BCUT2D eigenvalue weighted by Gasteiger charge is 2.33. The van der Waals surface area contributed by atoms with Crippen molar-refractivity contribution in [1.29, 1.82) is 0 Å². The van der Waals surface area contributed by atoms with E-state index in [1.54, 1.807) is 24.3 Å². The summed E-state index contributed by atoms with van der Waals surface area (Å²) in [7, 11) is 0. The summed E-state index contributed by atoms with van der Waals surface area (Å²) in [6.45, 7) is 0. The molecule has 1 aliphatic rings. The average molecular weight is 382 g/mol. The zero-order chi connectivity index (χ0) is 13.7. The number of benzene rings is 2. The molecule has 0 saturated heterocycles. The minimum absolute atomic E-state index is 0.0544. The lowest BCUT2D eigenvalue weighted by molar-refractivity contribution is 0.0987. The highest BCUT2D eigenvalue weighted by molar-refractivity contribution is 9.14. The first-order chi connectivity index (χ1) is 9.02. The number of phenols is 1. The van der Waals surface area contributed by atoms with Gasteiger partial charge in [-0.05, 0) is 43.3 Å². The maximum Gasteiger partial charge on any atom is 0.205 e. The second-order valence-corrected chi connectivity index (χ2v) is 5.74. The van der Waals surface area contributed by atoms with Crippen LogP contribution in [0.1, 0.15) is 20.7 Å². The molecule has 94 valence electrons. The van der Waals surface area contributed by atoms with Crippen molar-refractivity contribution in [3.8, 4) is 5.75 Å². The van der Waals surface area contributed by atoms with Crippen LogP contribution in [-0.4, -0.2) is 16.7 Å². The summed E-state index contributed by atoms with van der Waals surface area (Å²) in [5.74, 6) is -0.865. The summed E-state index contributed by atoms with van der Waals surface area (Å²) in [5, 5.41) is 11.5. The Labute approximate surface area is 125 Å². The van der Waals surface area contributed by atoms with Crippen LogP contribution in [0.3, 0.4) is 0 Å². The van der Waals surface area contributed by atoms with Crippen LogP contribution in [0.5, 0.6) is 5.75 Å². The third kappa shape index (κ3) is 1.69. The van der Waals surface area contributed by atoms with Gasteiger partial charge in [0, 0.05) is 10.9 Å². The summed E-state index contributed by atoms with van der Waals surface area (Å²) < 4.78 is 0.315. The number of fused-ring (bicyclic) bond motifs is 2. The van der Waals surface area contributed by atoms with Crippen LogP contribution in [-0.2, 0) is 0 Å². The fourth-order valence-electron chi connectivity index (χ4n) is 2.16. The van der Waals surface area contributed by atoms with Crippen LogP contribution < -0.4 is 0 Å². The molecule has 0 saturated carbocycles. The van der Waals surface area contributed by atoms with E-state index in [-0.39, 0.29) is 31.6 Å². The molecule has 0 spiro atoms. The van der Waals surface area contributed by atoms with Gasteiger partial charge in [0.2, 0.25) is 11.6 Å². The molecule has 0 aliphatic heterocycles. The van der Waals surface area contributed by atoms with Crippen LogP contribution in [0, 0.1) is 0 Å². The molecule has 3 rings (SSSR count). The maximum atomic E-state index is 12.2. The van der Waals surface area contributed by atoms with Gasteiger partial charge in [0.1, 0.15) is 5.75 Å². The van der Waals surface area contributed by atoms with Crippen LogP contribution >= 0.6 is 31.9 Å². The normalized spacial score (nSPS) is 15.1. The number of Topliss-reactive ketones (excluding diaryl/α,β-unsaturated/α-hetero) is 2. The van der Waals surface area contributed by atoms with Crippen molar-refractivity contribution in [2.24, 2.45) is 0 Å². The molecule has 0 unspecified atom stereocenters. The smallest absolute Gasteiger partial charge is 0.205 e. The fourth-order valence-corrected chi connectivity index (χ4v) is 2.94. The SMILES string of the molecule is O=C1C(Br)=C(Br)C(=O)c2c1cc1ccccc1c2O. The number of aromatic hydroxyl groups is 1. The number of carbonyl (C=O) groups is 2. The summed E-state index contributed by atoms with van der Waals surface area (Å²) in [4.78, 5) is 24.4. The molecule has 2 aromatic rings. The Kier molecular flexibility index (Phi) is 2.83. The Morgan fingerprint density at radius 1 is 0.947 bits per heavy atom. The average Bonchev–Trinajstić information content (AvgIpc) is 2.43. The third-order valence-corrected chi connectivity index (χ3v) is 5.13. The van der Waals surface area contributed by atoms with Crippen molar-refractivity contribution in [2.75, 3.05) is 0 Å². The summed E-state index contributed by atoms with van der Waals surface area (Å²) in [6, 6.07) is 8.71. The van der Waals surface area contributed by atoms with E-state index in [0.29, 0.717) is 5.39 Å². The molecule has 0 aromatic heterocycles. The van der Waals surface area contributed by atoms with Crippen molar-refractivity contribution < 1.29 is 14.7 Å². The molecule has 19 heavy (non-hydrogen) atoms. The minimum Gasteiger partial charge on any atom is -0.507 e. The van der Waals surface area contributed by atoms with E-state index >= 15 is 0 Å². The van der Waals surface area contributed by atoms with E-state index in [4.69, 9.17) is 0 Å². The molecule has 0 radical (unpaired) electrons. The second-order valence-electron chi connectivity index (χ2n) is 4.16. The standard InChI is InChI=1S/C14H6Br2O3/c15-10-11(16)14(19)9-8(13(10)18)5-6-3-1-2-4-7(6)12(9)17/h1-5,17H.